The summed E-state index contributed by atoms with van der Waals surface area (Å²) in [6.07, 6.45) is 10.7. The van der Waals surface area contributed by atoms with Gasteiger partial charge in [0, 0.05) is 36.7 Å². The summed E-state index contributed by atoms with van der Waals surface area (Å²) in [5.74, 6) is 0.901. The van der Waals surface area contributed by atoms with Gasteiger partial charge in [-0.05, 0) is 44.1 Å². The summed E-state index contributed by atoms with van der Waals surface area (Å²) in [7, 11) is 0. The maximum atomic E-state index is 12.4. The number of hydrogen-bond donors (Lipinski definition) is 1. The summed E-state index contributed by atoms with van der Waals surface area (Å²) in [4.78, 5) is 12.4. The van der Waals surface area contributed by atoms with E-state index in [0.29, 0.717) is 12.8 Å². The highest BCUT2D eigenvalue weighted by Crippen LogP contribution is 2.27. The molecule has 1 N–H and O–H groups in total. The average molecular weight is 365 g/mol. The minimum atomic E-state index is 0. The van der Waals surface area contributed by atoms with Crippen LogP contribution in [0.15, 0.2) is 18.3 Å². The Hall–Kier alpha value is -1.39. The van der Waals surface area contributed by atoms with Gasteiger partial charge in [-0.2, -0.15) is 5.10 Å². The van der Waals surface area contributed by atoms with Gasteiger partial charge in [-0.1, -0.05) is 31.4 Å². The zero-order valence-electron chi connectivity index (χ0n) is 15.0. The third-order valence-electron chi connectivity index (χ3n) is 5.26. The number of unbranched alkanes of at least 4 members (excludes halogenated alkanes) is 1. The molecule has 1 fully saturated rings. The lowest BCUT2D eigenvalue weighted by molar-refractivity contribution is 0.0977. The SMILES string of the molecule is Cc1c(C(=O)CCCCO)ccc2cn(CC3CCCCC3)nc12.Cl. The van der Waals surface area contributed by atoms with E-state index in [2.05, 4.69) is 10.9 Å². The lowest BCUT2D eigenvalue weighted by atomic mass is 9.89. The average Bonchev–Trinajstić information content (AvgIpc) is 3.00. The van der Waals surface area contributed by atoms with E-state index >= 15 is 0 Å². The Morgan fingerprint density at radius 2 is 2.00 bits per heavy atom. The van der Waals surface area contributed by atoms with Gasteiger partial charge < -0.3 is 5.11 Å². The molecule has 25 heavy (non-hydrogen) atoms. The number of hydrogen-bond acceptors (Lipinski definition) is 3. The molecule has 1 aliphatic rings. The van der Waals surface area contributed by atoms with Gasteiger partial charge in [-0.15, -0.1) is 12.4 Å². The zero-order valence-corrected chi connectivity index (χ0v) is 15.9. The number of halogens is 1. The molecular weight excluding hydrogens is 336 g/mol. The summed E-state index contributed by atoms with van der Waals surface area (Å²) in [6.45, 7) is 3.14. The van der Waals surface area contributed by atoms with Crippen LogP contribution in [0.25, 0.3) is 10.9 Å². The summed E-state index contributed by atoms with van der Waals surface area (Å²) in [6, 6.07) is 3.96. The molecule has 3 rings (SSSR count). The first kappa shape index (κ1) is 19.9. The normalized spacial score (nSPS) is 15.3. The Labute approximate surface area is 156 Å². The van der Waals surface area contributed by atoms with Crippen molar-refractivity contribution in [2.75, 3.05) is 6.61 Å². The van der Waals surface area contributed by atoms with Crippen molar-refractivity contribution in [2.45, 2.75) is 64.8 Å². The quantitative estimate of drug-likeness (QED) is 0.572. The third kappa shape index (κ3) is 4.83. The molecule has 1 aliphatic carbocycles. The van der Waals surface area contributed by atoms with Crippen molar-refractivity contribution in [1.82, 2.24) is 9.78 Å². The molecule has 5 heteroatoms. The lowest BCUT2D eigenvalue weighted by Gasteiger charge is -2.21. The van der Waals surface area contributed by atoms with E-state index in [1.54, 1.807) is 0 Å². The van der Waals surface area contributed by atoms with Crippen LogP contribution in [-0.4, -0.2) is 27.3 Å². The van der Waals surface area contributed by atoms with E-state index in [-0.39, 0.29) is 24.8 Å². The largest absolute Gasteiger partial charge is 0.396 e. The van der Waals surface area contributed by atoms with Gasteiger partial charge >= 0.3 is 0 Å². The molecule has 2 aromatic rings. The molecule has 0 saturated heterocycles. The van der Waals surface area contributed by atoms with Crippen molar-refractivity contribution in [1.29, 1.82) is 0 Å². The van der Waals surface area contributed by atoms with Gasteiger partial charge in [0.05, 0.1) is 5.52 Å². The number of nitrogens with zero attached hydrogens (tertiary/aromatic N) is 2. The Kier molecular flexibility index (Phi) is 7.45. The second-order valence-electron chi connectivity index (χ2n) is 7.14. The predicted octanol–water partition coefficient (Wildman–Crippen LogP) is 4.69. The minimum absolute atomic E-state index is 0. The Morgan fingerprint density at radius 1 is 1.24 bits per heavy atom. The maximum absolute atomic E-state index is 12.4. The Morgan fingerprint density at radius 3 is 2.72 bits per heavy atom. The molecule has 0 radical (unpaired) electrons. The lowest BCUT2D eigenvalue weighted by Crippen LogP contribution is -2.14. The molecule has 1 heterocycles. The van der Waals surface area contributed by atoms with Crippen molar-refractivity contribution < 1.29 is 9.90 Å². The molecule has 0 amide bonds. The molecule has 0 spiro atoms. The number of aromatic nitrogens is 2. The number of ketones is 1. The van der Waals surface area contributed by atoms with Crippen LogP contribution in [0.1, 0.15) is 67.3 Å². The van der Waals surface area contributed by atoms with Crippen LogP contribution >= 0.6 is 12.4 Å². The van der Waals surface area contributed by atoms with E-state index in [1.807, 2.05) is 19.1 Å². The monoisotopic (exact) mass is 364 g/mol. The first-order valence-electron chi connectivity index (χ1n) is 9.30. The molecule has 0 bridgehead atoms. The number of aryl methyl sites for hydroxylation is 1. The summed E-state index contributed by atoms with van der Waals surface area (Å²) in [5, 5.41) is 14.7. The van der Waals surface area contributed by atoms with Gasteiger partial charge in [-0.25, -0.2) is 0 Å². The number of carbonyl (C=O) groups excluding carboxylic acids is 1. The van der Waals surface area contributed by atoms with E-state index in [0.717, 1.165) is 40.9 Å². The van der Waals surface area contributed by atoms with Gasteiger partial charge in [-0.3, -0.25) is 9.48 Å². The number of aliphatic hydroxyl groups is 1. The van der Waals surface area contributed by atoms with Crippen molar-refractivity contribution in [3.05, 3.63) is 29.5 Å². The van der Waals surface area contributed by atoms with Gasteiger partial charge in [0.15, 0.2) is 5.78 Å². The zero-order chi connectivity index (χ0) is 16.9. The number of aliphatic hydroxyl groups excluding tert-OH is 1. The molecule has 1 aromatic heterocycles. The molecule has 1 saturated carbocycles. The second-order valence-corrected chi connectivity index (χ2v) is 7.14. The standard InChI is InChI=1S/C20H28N2O2.ClH/c1-15-18(19(24)9-5-6-12-23)11-10-17-14-22(21-20(15)17)13-16-7-3-2-4-8-16;/h10-11,14,16,23H,2-9,12-13H2,1H3;1H. The Balaban J connectivity index is 0.00000225. The molecule has 138 valence electrons. The van der Waals surface area contributed by atoms with Crippen LogP contribution in [0.5, 0.6) is 0 Å². The highest BCUT2D eigenvalue weighted by Gasteiger charge is 2.17. The topological polar surface area (TPSA) is 55.1 Å². The fraction of sp³-hybridized carbons (Fsp3) is 0.600. The smallest absolute Gasteiger partial charge is 0.163 e. The molecule has 4 nitrogen and oxygen atoms in total. The molecule has 1 aromatic carbocycles. The van der Waals surface area contributed by atoms with Crippen LogP contribution < -0.4 is 0 Å². The number of carbonyl (C=O) groups is 1. The molecule has 0 aliphatic heterocycles. The fourth-order valence-corrected chi connectivity index (χ4v) is 3.84. The minimum Gasteiger partial charge on any atom is -0.396 e. The van der Waals surface area contributed by atoms with Gasteiger partial charge in [0.1, 0.15) is 0 Å². The van der Waals surface area contributed by atoms with Crippen LogP contribution in [0.3, 0.4) is 0 Å². The molecular formula is C20H29ClN2O2. The van der Waals surface area contributed by atoms with Crippen molar-refractivity contribution in [3.63, 3.8) is 0 Å². The van der Waals surface area contributed by atoms with Gasteiger partial charge in [0.2, 0.25) is 0 Å². The Bertz CT molecular complexity index is 705. The molecule has 0 atom stereocenters. The van der Waals surface area contributed by atoms with Crippen molar-refractivity contribution in [2.24, 2.45) is 5.92 Å². The van der Waals surface area contributed by atoms with Crippen molar-refractivity contribution >= 4 is 29.1 Å². The van der Waals surface area contributed by atoms with Crippen LogP contribution in [0.4, 0.5) is 0 Å². The predicted molar refractivity (Wildman–Crippen MR) is 104 cm³/mol. The maximum Gasteiger partial charge on any atom is 0.163 e. The first-order chi connectivity index (χ1) is 11.7. The number of Topliss-reactive ketones (excluding diaryl/α,β-unsaturated/α-hetero) is 1. The van der Waals surface area contributed by atoms with E-state index in [9.17, 15) is 4.79 Å². The van der Waals surface area contributed by atoms with E-state index in [1.165, 1.54) is 32.1 Å². The third-order valence-corrected chi connectivity index (χ3v) is 5.26. The molecule has 0 unspecified atom stereocenters. The second kappa shape index (κ2) is 9.35. The number of rotatable bonds is 7. The van der Waals surface area contributed by atoms with Crippen molar-refractivity contribution in [3.8, 4) is 0 Å². The van der Waals surface area contributed by atoms with Crippen LogP contribution in [0.2, 0.25) is 0 Å². The van der Waals surface area contributed by atoms with E-state index < -0.39 is 0 Å². The number of fused-ring (bicyclic) bond motifs is 1. The summed E-state index contributed by atoms with van der Waals surface area (Å²) < 4.78 is 2.08. The van der Waals surface area contributed by atoms with Crippen LogP contribution in [-0.2, 0) is 6.54 Å². The highest BCUT2D eigenvalue weighted by atomic mass is 35.5. The summed E-state index contributed by atoms with van der Waals surface area (Å²) >= 11 is 0. The van der Waals surface area contributed by atoms with Crippen LogP contribution in [0, 0.1) is 12.8 Å². The fourth-order valence-electron chi connectivity index (χ4n) is 3.84. The summed E-state index contributed by atoms with van der Waals surface area (Å²) in [5.41, 5.74) is 2.73. The first-order valence-corrected chi connectivity index (χ1v) is 9.30. The van der Waals surface area contributed by atoms with Gasteiger partial charge in [0.25, 0.3) is 0 Å². The highest BCUT2D eigenvalue weighted by molar-refractivity contribution is 6.01. The van der Waals surface area contributed by atoms with E-state index in [4.69, 9.17) is 10.2 Å². The number of benzene rings is 1.